The SMILES string of the molecule is CC.CC1(C)COC(=O)N1. The molecule has 1 amide bonds. The van der Waals surface area contributed by atoms with E-state index in [0.29, 0.717) is 6.61 Å². The molecule has 0 atom stereocenters. The topological polar surface area (TPSA) is 38.3 Å². The van der Waals surface area contributed by atoms with Gasteiger partial charge in [-0.25, -0.2) is 4.79 Å². The zero-order valence-corrected chi connectivity index (χ0v) is 7.02. The van der Waals surface area contributed by atoms with Crippen molar-refractivity contribution in [2.75, 3.05) is 6.61 Å². The van der Waals surface area contributed by atoms with Crippen LogP contribution in [-0.2, 0) is 4.74 Å². The van der Waals surface area contributed by atoms with Crippen molar-refractivity contribution in [2.24, 2.45) is 0 Å². The molecule has 1 aliphatic heterocycles. The van der Waals surface area contributed by atoms with Crippen LogP contribution >= 0.6 is 0 Å². The van der Waals surface area contributed by atoms with Gasteiger partial charge in [-0.3, -0.25) is 0 Å². The van der Waals surface area contributed by atoms with Gasteiger partial charge < -0.3 is 10.1 Å². The van der Waals surface area contributed by atoms with Gasteiger partial charge in [0.25, 0.3) is 0 Å². The summed E-state index contributed by atoms with van der Waals surface area (Å²) < 4.78 is 4.62. The van der Waals surface area contributed by atoms with Crippen molar-refractivity contribution in [3.05, 3.63) is 0 Å². The van der Waals surface area contributed by atoms with E-state index in [1.165, 1.54) is 0 Å². The van der Waals surface area contributed by atoms with E-state index in [2.05, 4.69) is 10.1 Å². The van der Waals surface area contributed by atoms with Crippen molar-refractivity contribution in [3.63, 3.8) is 0 Å². The fraction of sp³-hybridized carbons (Fsp3) is 0.857. The number of hydrogen-bond donors (Lipinski definition) is 1. The molecule has 0 unspecified atom stereocenters. The van der Waals surface area contributed by atoms with E-state index in [1.54, 1.807) is 0 Å². The lowest BCUT2D eigenvalue weighted by atomic mass is 10.1. The van der Waals surface area contributed by atoms with E-state index in [0.717, 1.165) is 0 Å². The molecule has 1 aliphatic rings. The number of hydrogen-bond acceptors (Lipinski definition) is 2. The zero-order valence-electron chi connectivity index (χ0n) is 7.02. The van der Waals surface area contributed by atoms with Crippen LogP contribution in [0.15, 0.2) is 0 Å². The van der Waals surface area contributed by atoms with Crippen LogP contribution in [0.4, 0.5) is 4.79 Å². The number of amides is 1. The summed E-state index contributed by atoms with van der Waals surface area (Å²) >= 11 is 0. The van der Waals surface area contributed by atoms with Crippen molar-refractivity contribution in [1.82, 2.24) is 5.32 Å². The van der Waals surface area contributed by atoms with Crippen LogP contribution in [0.2, 0.25) is 0 Å². The van der Waals surface area contributed by atoms with Gasteiger partial charge in [-0.1, -0.05) is 13.8 Å². The predicted molar refractivity (Wildman–Crippen MR) is 39.9 cm³/mol. The van der Waals surface area contributed by atoms with E-state index in [4.69, 9.17) is 0 Å². The van der Waals surface area contributed by atoms with Crippen molar-refractivity contribution >= 4 is 6.09 Å². The van der Waals surface area contributed by atoms with Gasteiger partial charge in [-0.15, -0.1) is 0 Å². The summed E-state index contributed by atoms with van der Waals surface area (Å²) in [5.41, 5.74) is -0.156. The van der Waals surface area contributed by atoms with E-state index in [-0.39, 0.29) is 11.6 Å². The Bertz CT molecular complexity index is 121. The van der Waals surface area contributed by atoms with Crippen molar-refractivity contribution in [2.45, 2.75) is 33.2 Å². The van der Waals surface area contributed by atoms with Gasteiger partial charge >= 0.3 is 6.09 Å². The first-order valence-electron chi connectivity index (χ1n) is 3.55. The van der Waals surface area contributed by atoms with Crippen LogP contribution in [0.3, 0.4) is 0 Å². The second-order valence-electron chi connectivity index (χ2n) is 2.59. The van der Waals surface area contributed by atoms with E-state index in [9.17, 15) is 4.79 Å². The molecule has 1 N–H and O–H groups in total. The maximum Gasteiger partial charge on any atom is 0.407 e. The molecule has 0 aromatic heterocycles. The molecular formula is C7H15NO2. The monoisotopic (exact) mass is 145 g/mol. The Morgan fingerprint density at radius 3 is 2.10 bits per heavy atom. The highest BCUT2D eigenvalue weighted by atomic mass is 16.6. The number of carbonyl (C=O) groups is 1. The normalized spacial score (nSPS) is 20.2. The maximum atomic E-state index is 10.3. The Morgan fingerprint density at radius 2 is 2.00 bits per heavy atom. The number of nitrogens with one attached hydrogen (secondary N) is 1. The first-order valence-corrected chi connectivity index (χ1v) is 3.55. The molecule has 10 heavy (non-hydrogen) atoms. The number of rotatable bonds is 0. The Balaban J connectivity index is 0.000000371. The molecular weight excluding hydrogens is 130 g/mol. The minimum absolute atomic E-state index is 0.156. The Morgan fingerprint density at radius 1 is 1.50 bits per heavy atom. The van der Waals surface area contributed by atoms with Crippen LogP contribution in [0.1, 0.15) is 27.7 Å². The standard InChI is InChI=1S/C5H9NO2.C2H6/c1-5(2)3-8-4(7)6-5;1-2/h3H2,1-2H3,(H,6,7);1-2H3. The van der Waals surface area contributed by atoms with Crippen molar-refractivity contribution in [1.29, 1.82) is 0 Å². The maximum absolute atomic E-state index is 10.3. The molecule has 1 saturated heterocycles. The molecule has 1 heterocycles. The smallest absolute Gasteiger partial charge is 0.407 e. The fourth-order valence-electron chi connectivity index (χ4n) is 0.594. The summed E-state index contributed by atoms with van der Waals surface area (Å²) in [5.74, 6) is 0. The van der Waals surface area contributed by atoms with Gasteiger partial charge in [-0.05, 0) is 13.8 Å². The van der Waals surface area contributed by atoms with Gasteiger partial charge in [0.15, 0.2) is 0 Å². The molecule has 0 saturated carbocycles. The van der Waals surface area contributed by atoms with E-state index >= 15 is 0 Å². The first-order chi connectivity index (χ1) is 4.60. The quantitative estimate of drug-likeness (QED) is 0.561. The lowest BCUT2D eigenvalue weighted by molar-refractivity contribution is 0.174. The molecule has 3 heteroatoms. The third-order valence-electron chi connectivity index (χ3n) is 1.00. The highest BCUT2D eigenvalue weighted by molar-refractivity contribution is 5.70. The molecule has 0 aromatic carbocycles. The Hall–Kier alpha value is -0.730. The van der Waals surface area contributed by atoms with Crippen LogP contribution < -0.4 is 5.32 Å². The minimum atomic E-state index is -0.310. The second kappa shape index (κ2) is 3.44. The molecule has 0 aromatic rings. The van der Waals surface area contributed by atoms with Gasteiger partial charge in [0.05, 0.1) is 5.54 Å². The molecule has 0 bridgehead atoms. The molecule has 1 rings (SSSR count). The Kier molecular flexibility index (Phi) is 3.19. The number of ether oxygens (including phenoxy) is 1. The average Bonchev–Trinajstić information content (AvgIpc) is 2.15. The second-order valence-corrected chi connectivity index (χ2v) is 2.59. The molecule has 0 spiro atoms. The zero-order chi connectivity index (χ0) is 8.20. The molecule has 60 valence electrons. The summed E-state index contributed by atoms with van der Waals surface area (Å²) in [5, 5.41) is 2.63. The Labute approximate surface area is 61.8 Å². The summed E-state index contributed by atoms with van der Waals surface area (Å²) in [4.78, 5) is 10.3. The van der Waals surface area contributed by atoms with E-state index in [1.807, 2.05) is 27.7 Å². The van der Waals surface area contributed by atoms with Crippen molar-refractivity contribution < 1.29 is 9.53 Å². The lowest BCUT2D eigenvalue weighted by Crippen LogP contribution is -2.36. The molecule has 3 nitrogen and oxygen atoms in total. The summed E-state index contributed by atoms with van der Waals surface area (Å²) in [7, 11) is 0. The third kappa shape index (κ3) is 2.71. The number of carbonyl (C=O) groups excluding carboxylic acids is 1. The summed E-state index contributed by atoms with van der Waals surface area (Å²) in [6.07, 6.45) is -0.310. The number of cyclic esters (lactones) is 1. The lowest BCUT2D eigenvalue weighted by Gasteiger charge is -2.11. The average molecular weight is 145 g/mol. The minimum Gasteiger partial charge on any atom is -0.447 e. The van der Waals surface area contributed by atoms with Gasteiger partial charge in [0.1, 0.15) is 6.61 Å². The summed E-state index contributed by atoms with van der Waals surface area (Å²) in [6, 6.07) is 0. The number of alkyl carbamates (subject to hydrolysis) is 1. The predicted octanol–water partition coefficient (Wildman–Crippen LogP) is 1.53. The third-order valence-corrected chi connectivity index (χ3v) is 1.00. The largest absolute Gasteiger partial charge is 0.447 e. The van der Waals surface area contributed by atoms with E-state index < -0.39 is 0 Å². The highest BCUT2D eigenvalue weighted by Gasteiger charge is 2.29. The van der Waals surface area contributed by atoms with Gasteiger partial charge in [0.2, 0.25) is 0 Å². The van der Waals surface area contributed by atoms with Gasteiger partial charge in [-0.2, -0.15) is 0 Å². The molecule has 0 aliphatic carbocycles. The van der Waals surface area contributed by atoms with Crippen molar-refractivity contribution in [3.8, 4) is 0 Å². The molecule has 0 radical (unpaired) electrons. The van der Waals surface area contributed by atoms with Crippen LogP contribution in [0.5, 0.6) is 0 Å². The van der Waals surface area contributed by atoms with Gasteiger partial charge in [0, 0.05) is 0 Å². The molecule has 1 fully saturated rings. The van der Waals surface area contributed by atoms with Crippen LogP contribution in [0.25, 0.3) is 0 Å². The first kappa shape index (κ1) is 9.27. The van der Waals surface area contributed by atoms with Crippen LogP contribution in [0, 0.1) is 0 Å². The highest BCUT2D eigenvalue weighted by Crippen LogP contribution is 2.08. The fourth-order valence-corrected chi connectivity index (χ4v) is 0.594. The van der Waals surface area contributed by atoms with Crippen LogP contribution in [-0.4, -0.2) is 18.2 Å². The summed E-state index contributed by atoms with van der Waals surface area (Å²) in [6.45, 7) is 8.31.